The molecule has 0 aliphatic heterocycles. The lowest BCUT2D eigenvalue weighted by molar-refractivity contribution is 0.0786. The van der Waals surface area contributed by atoms with Gasteiger partial charge in [-0.2, -0.15) is 0 Å². The summed E-state index contributed by atoms with van der Waals surface area (Å²) in [5.74, 6) is 0.811. The summed E-state index contributed by atoms with van der Waals surface area (Å²) in [7, 11) is 0. The molecule has 0 aliphatic carbocycles. The summed E-state index contributed by atoms with van der Waals surface area (Å²) in [6, 6.07) is 46.4. The maximum absolute atomic E-state index is 11.7. The van der Waals surface area contributed by atoms with E-state index in [1.54, 1.807) is 0 Å². The molecule has 0 atom stereocenters. The van der Waals surface area contributed by atoms with Crippen molar-refractivity contribution in [2.75, 3.05) is 0 Å². The second-order valence-electron chi connectivity index (χ2n) is 17.0. The van der Waals surface area contributed by atoms with E-state index in [9.17, 15) is 10.2 Å². The number of phenolic OH excluding ortho intramolecular Hbond substituents is 1. The molecule has 0 amide bonds. The van der Waals surface area contributed by atoms with E-state index in [4.69, 9.17) is 9.97 Å². The Hall–Kier alpha value is -6.30. The fourth-order valence-corrected chi connectivity index (χ4v) is 7.67. The van der Waals surface area contributed by atoms with Crippen molar-refractivity contribution in [1.82, 2.24) is 14.5 Å². The number of phenols is 1. The number of aromatic nitrogens is 3. The van der Waals surface area contributed by atoms with Gasteiger partial charge in [0.2, 0.25) is 0 Å². The molecule has 8 rings (SSSR count). The zero-order valence-electron chi connectivity index (χ0n) is 34.0. The third-order valence-electron chi connectivity index (χ3n) is 10.9. The average molecular weight is 748 g/mol. The Morgan fingerprint density at radius 1 is 0.544 bits per heavy atom. The summed E-state index contributed by atoms with van der Waals surface area (Å²) in [6.07, 6.45) is 1.89. The first-order valence-electron chi connectivity index (χ1n) is 19.6. The lowest BCUT2D eigenvalue weighted by Crippen LogP contribution is -2.16. The first-order valence-corrected chi connectivity index (χ1v) is 19.6. The van der Waals surface area contributed by atoms with Crippen LogP contribution in [0.1, 0.15) is 62.4 Å². The highest BCUT2D eigenvalue weighted by Crippen LogP contribution is 2.42. The number of pyridine rings is 1. The fraction of sp³-hybridized carbons (Fsp3) is 0.192. The molecule has 5 heteroatoms. The van der Waals surface area contributed by atoms with Gasteiger partial charge in [-0.25, -0.2) is 4.98 Å². The summed E-state index contributed by atoms with van der Waals surface area (Å²) in [6.45, 7) is 16.4. The number of imidazole rings is 1. The van der Waals surface area contributed by atoms with Gasteiger partial charge in [-0.3, -0.25) is 9.55 Å². The van der Waals surface area contributed by atoms with Crippen LogP contribution in [0.3, 0.4) is 0 Å². The Balaban J connectivity index is 1.40. The van der Waals surface area contributed by atoms with Crippen molar-refractivity contribution in [1.29, 1.82) is 0 Å². The van der Waals surface area contributed by atoms with Crippen LogP contribution in [0.25, 0.3) is 72.7 Å². The molecule has 8 aromatic rings. The van der Waals surface area contributed by atoms with Crippen LogP contribution in [0.2, 0.25) is 0 Å². The van der Waals surface area contributed by atoms with Crippen molar-refractivity contribution in [3.8, 4) is 67.5 Å². The molecule has 6 aromatic carbocycles. The zero-order valence-corrected chi connectivity index (χ0v) is 34.0. The first kappa shape index (κ1) is 37.6. The molecule has 2 heterocycles. The monoisotopic (exact) mass is 747 g/mol. The molecule has 0 fully saturated rings. The van der Waals surface area contributed by atoms with Crippen LogP contribution in [0.15, 0.2) is 140 Å². The predicted octanol–water partition coefficient (Wildman–Crippen LogP) is 12.9. The smallest absolute Gasteiger partial charge is 0.149 e. The molecule has 5 nitrogen and oxygen atoms in total. The van der Waals surface area contributed by atoms with Crippen LogP contribution < -0.4 is 0 Å². The number of rotatable bonds is 7. The summed E-state index contributed by atoms with van der Waals surface area (Å²) in [4.78, 5) is 10.3. The van der Waals surface area contributed by atoms with Crippen molar-refractivity contribution in [3.63, 3.8) is 0 Å². The molecule has 0 spiro atoms. The van der Waals surface area contributed by atoms with Gasteiger partial charge in [0.15, 0.2) is 0 Å². The van der Waals surface area contributed by atoms with E-state index < -0.39 is 5.60 Å². The quantitative estimate of drug-likeness (QED) is 0.170. The van der Waals surface area contributed by atoms with Crippen molar-refractivity contribution < 1.29 is 10.2 Å². The van der Waals surface area contributed by atoms with Gasteiger partial charge in [-0.1, -0.05) is 105 Å². The molecule has 0 saturated heterocycles. The standard InChI is InChI=1S/C52H49N3O2/c1-32-17-19-36(20-18-32)37-21-22-53-46(30-37)40-25-39(27-41(28-40)51(4,5)6)44-15-12-16-47-48(44)54-50(45-24-33(2)23-34(3)49(45)56)55(47)43-29-38(35-13-10-9-11-14-35)26-42(31-43)52(7,8)57/h9-31,56-57H,1-8H3. The number of hydrogen-bond acceptors (Lipinski definition) is 4. The van der Waals surface area contributed by atoms with Crippen LogP contribution >= 0.6 is 0 Å². The van der Waals surface area contributed by atoms with Crippen LogP contribution in [-0.2, 0) is 11.0 Å². The summed E-state index contributed by atoms with van der Waals surface area (Å²) < 4.78 is 2.13. The first-order chi connectivity index (χ1) is 27.1. The highest BCUT2D eigenvalue weighted by Gasteiger charge is 2.25. The van der Waals surface area contributed by atoms with E-state index >= 15 is 0 Å². The van der Waals surface area contributed by atoms with Crippen LogP contribution in [0.5, 0.6) is 5.75 Å². The number of fused-ring (bicyclic) bond motifs is 1. The van der Waals surface area contributed by atoms with Gasteiger partial charge in [0, 0.05) is 23.0 Å². The number of hydrogen-bond donors (Lipinski definition) is 2. The van der Waals surface area contributed by atoms with Gasteiger partial charge in [0.25, 0.3) is 0 Å². The van der Waals surface area contributed by atoms with Crippen molar-refractivity contribution in [2.45, 2.75) is 66.4 Å². The zero-order chi connectivity index (χ0) is 40.2. The molecule has 57 heavy (non-hydrogen) atoms. The highest BCUT2D eigenvalue weighted by atomic mass is 16.3. The maximum atomic E-state index is 11.7. The third-order valence-corrected chi connectivity index (χ3v) is 10.9. The SMILES string of the molecule is Cc1ccc(-c2ccnc(-c3cc(-c4cccc5c4nc(-c4cc(C)cc(C)c4O)n5-c4cc(-c5ccccc5)cc(C(C)(C)O)c4)cc(C(C)(C)C)c3)c2)cc1. The Morgan fingerprint density at radius 2 is 1.25 bits per heavy atom. The number of aromatic hydroxyl groups is 1. The normalized spacial score (nSPS) is 12.0. The molecule has 2 N–H and O–H groups in total. The Labute approximate surface area is 336 Å². The van der Waals surface area contributed by atoms with E-state index in [-0.39, 0.29) is 11.2 Å². The number of aryl methyl sites for hydroxylation is 3. The van der Waals surface area contributed by atoms with E-state index in [1.165, 1.54) is 11.1 Å². The van der Waals surface area contributed by atoms with Gasteiger partial charge >= 0.3 is 0 Å². The highest BCUT2D eigenvalue weighted by molar-refractivity contribution is 5.97. The molecule has 0 saturated carbocycles. The number of para-hydroxylation sites is 1. The van der Waals surface area contributed by atoms with Gasteiger partial charge in [-0.05, 0) is 145 Å². The van der Waals surface area contributed by atoms with E-state index in [1.807, 2.05) is 70.3 Å². The van der Waals surface area contributed by atoms with E-state index in [2.05, 4.69) is 129 Å². The fourth-order valence-electron chi connectivity index (χ4n) is 7.67. The molecular formula is C52H49N3O2. The van der Waals surface area contributed by atoms with Crippen LogP contribution in [0.4, 0.5) is 0 Å². The minimum absolute atomic E-state index is 0.145. The molecule has 0 bridgehead atoms. The van der Waals surface area contributed by atoms with E-state index in [0.29, 0.717) is 11.4 Å². The minimum Gasteiger partial charge on any atom is -0.507 e. The predicted molar refractivity (Wildman–Crippen MR) is 236 cm³/mol. The van der Waals surface area contributed by atoms with E-state index in [0.717, 1.165) is 78.0 Å². The second kappa shape index (κ2) is 14.3. The van der Waals surface area contributed by atoms with Crippen LogP contribution in [0, 0.1) is 20.8 Å². The maximum Gasteiger partial charge on any atom is 0.149 e. The molecule has 0 radical (unpaired) electrons. The lowest BCUT2D eigenvalue weighted by Gasteiger charge is -2.22. The number of nitrogens with zero attached hydrogens (tertiary/aromatic N) is 3. The van der Waals surface area contributed by atoms with Gasteiger partial charge in [0.05, 0.1) is 27.9 Å². The largest absolute Gasteiger partial charge is 0.507 e. The Kier molecular flexibility index (Phi) is 9.46. The molecule has 284 valence electrons. The molecule has 0 aliphatic rings. The van der Waals surface area contributed by atoms with Crippen LogP contribution in [-0.4, -0.2) is 24.7 Å². The topological polar surface area (TPSA) is 71.2 Å². The number of aliphatic hydroxyl groups is 1. The minimum atomic E-state index is -1.11. The summed E-state index contributed by atoms with van der Waals surface area (Å²) in [5, 5.41) is 23.1. The number of benzene rings is 6. The third kappa shape index (κ3) is 7.39. The molecule has 0 unspecified atom stereocenters. The second-order valence-corrected chi connectivity index (χ2v) is 17.0. The lowest BCUT2D eigenvalue weighted by atomic mass is 9.83. The Bertz CT molecular complexity index is 2780. The Morgan fingerprint density at radius 3 is 1.96 bits per heavy atom. The average Bonchev–Trinajstić information content (AvgIpc) is 3.59. The summed E-state index contributed by atoms with van der Waals surface area (Å²) in [5.41, 5.74) is 15.1. The summed E-state index contributed by atoms with van der Waals surface area (Å²) >= 11 is 0. The van der Waals surface area contributed by atoms with Gasteiger partial charge < -0.3 is 10.2 Å². The van der Waals surface area contributed by atoms with Crippen molar-refractivity contribution in [3.05, 3.63) is 167 Å². The molecular weight excluding hydrogens is 699 g/mol. The molecule has 2 aromatic heterocycles. The van der Waals surface area contributed by atoms with Crippen molar-refractivity contribution >= 4 is 11.0 Å². The van der Waals surface area contributed by atoms with Crippen molar-refractivity contribution in [2.24, 2.45) is 0 Å². The van der Waals surface area contributed by atoms with Gasteiger partial charge in [0.1, 0.15) is 11.6 Å². The van der Waals surface area contributed by atoms with Gasteiger partial charge in [-0.15, -0.1) is 0 Å².